The van der Waals surface area contributed by atoms with Crippen molar-refractivity contribution in [3.63, 3.8) is 0 Å². The molecule has 0 saturated heterocycles. The summed E-state index contributed by atoms with van der Waals surface area (Å²) < 4.78 is 0. The maximum atomic E-state index is 11.7. The van der Waals surface area contributed by atoms with Crippen molar-refractivity contribution >= 4 is 35.2 Å². The van der Waals surface area contributed by atoms with Gasteiger partial charge in [0.25, 0.3) is 0 Å². The van der Waals surface area contributed by atoms with Gasteiger partial charge in [-0.25, -0.2) is 4.99 Å². The van der Waals surface area contributed by atoms with Crippen LogP contribution in [0.5, 0.6) is 0 Å². The molecule has 0 aliphatic heterocycles. The average molecular weight is 357 g/mol. The predicted molar refractivity (Wildman–Crippen MR) is 100 cm³/mol. The van der Waals surface area contributed by atoms with Crippen LogP contribution in [0.3, 0.4) is 0 Å². The van der Waals surface area contributed by atoms with Crippen LogP contribution in [-0.4, -0.2) is 56.0 Å². The van der Waals surface area contributed by atoms with Crippen LogP contribution < -0.4 is 10.6 Å². The Morgan fingerprint density at radius 3 is 2.70 bits per heavy atom. The molecule has 0 unspecified atom stereocenters. The number of nitrogens with one attached hydrogen (secondary N) is 2. The largest absolute Gasteiger partial charge is 0.356 e. The van der Waals surface area contributed by atoms with Crippen LogP contribution in [0.2, 0.25) is 5.02 Å². The number of benzene rings is 1. The number of hydrogen-bond donors (Lipinski definition) is 2. The number of carbonyl (C=O) groups is 1. The minimum absolute atomic E-state index is 0.00621. The normalized spacial score (nSPS) is 11.3. The van der Waals surface area contributed by atoms with Crippen LogP contribution in [0.15, 0.2) is 23.2 Å². The van der Waals surface area contributed by atoms with Crippen molar-refractivity contribution in [3.8, 4) is 0 Å². The van der Waals surface area contributed by atoms with E-state index >= 15 is 0 Å². The molecule has 1 aromatic carbocycles. The molecule has 0 spiro atoms. The summed E-state index contributed by atoms with van der Waals surface area (Å²) in [6, 6.07) is 5.87. The van der Waals surface area contributed by atoms with Crippen molar-refractivity contribution in [3.05, 3.63) is 34.3 Å². The molecule has 0 aromatic heterocycles. The molecular formula is C16H25ClN4OS. The molecule has 1 rings (SSSR count). The number of nitrogens with zero attached hydrogens (tertiary/aromatic N) is 2. The molecule has 0 aliphatic rings. The lowest BCUT2D eigenvalue weighted by Crippen LogP contribution is -2.43. The van der Waals surface area contributed by atoms with Gasteiger partial charge in [-0.15, -0.1) is 0 Å². The summed E-state index contributed by atoms with van der Waals surface area (Å²) in [6.45, 7) is 3.52. The number of thioether (sulfide) groups is 1. The molecule has 23 heavy (non-hydrogen) atoms. The predicted octanol–water partition coefficient (Wildman–Crippen LogP) is 2.13. The van der Waals surface area contributed by atoms with Gasteiger partial charge in [0.05, 0.1) is 13.1 Å². The second-order valence-electron chi connectivity index (χ2n) is 5.31. The van der Waals surface area contributed by atoms with Crippen LogP contribution in [0.25, 0.3) is 0 Å². The summed E-state index contributed by atoms with van der Waals surface area (Å²) in [5, 5.41) is 7.06. The maximum absolute atomic E-state index is 11.7. The van der Waals surface area contributed by atoms with E-state index in [0.717, 1.165) is 28.4 Å². The zero-order valence-electron chi connectivity index (χ0n) is 14.1. The number of likely N-dealkylation sites (N-methyl/N-ethyl adjacent to an activating group) is 1. The highest BCUT2D eigenvalue weighted by molar-refractivity contribution is 7.98. The van der Waals surface area contributed by atoms with E-state index in [1.807, 2.05) is 25.1 Å². The fourth-order valence-electron chi connectivity index (χ4n) is 1.74. The number of hydrogen-bond acceptors (Lipinski definition) is 3. The van der Waals surface area contributed by atoms with Crippen molar-refractivity contribution in [2.24, 2.45) is 4.99 Å². The molecule has 2 N–H and O–H groups in total. The number of guanidine groups is 1. The second-order valence-corrected chi connectivity index (χ2v) is 6.70. The number of aryl methyl sites for hydroxylation is 1. The van der Waals surface area contributed by atoms with Crippen molar-refractivity contribution < 1.29 is 4.79 Å². The lowest BCUT2D eigenvalue weighted by molar-refractivity contribution is -0.127. The van der Waals surface area contributed by atoms with Gasteiger partial charge in [0.1, 0.15) is 0 Å². The summed E-state index contributed by atoms with van der Waals surface area (Å²) in [4.78, 5) is 17.8. The van der Waals surface area contributed by atoms with Gasteiger partial charge in [-0.05, 0) is 30.4 Å². The lowest BCUT2D eigenvalue weighted by atomic mass is 10.1. The van der Waals surface area contributed by atoms with E-state index in [9.17, 15) is 4.79 Å². The van der Waals surface area contributed by atoms with Crippen molar-refractivity contribution in [2.45, 2.75) is 13.5 Å². The zero-order valence-corrected chi connectivity index (χ0v) is 15.7. The standard InChI is InChI=1S/C16H25ClN4OS/c1-12-9-13(5-6-14(12)17)10-19-16(18-7-8-23-4)20-11-15(22)21(2)3/h5-6,9H,7-8,10-11H2,1-4H3,(H2,18,19,20). The van der Waals surface area contributed by atoms with Gasteiger partial charge in [0, 0.05) is 31.4 Å². The third-order valence-corrected chi connectivity index (χ3v) is 4.18. The Morgan fingerprint density at radius 2 is 2.09 bits per heavy atom. The lowest BCUT2D eigenvalue weighted by Gasteiger charge is -2.15. The van der Waals surface area contributed by atoms with Gasteiger partial charge in [0.2, 0.25) is 5.91 Å². The Bertz CT molecular complexity index is 549. The fourth-order valence-corrected chi connectivity index (χ4v) is 2.16. The molecule has 0 bridgehead atoms. The second kappa shape index (κ2) is 10.4. The van der Waals surface area contributed by atoms with Crippen molar-refractivity contribution in [2.75, 3.05) is 39.2 Å². The highest BCUT2D eigenvalue weighted by atomic mass is 35.5. The van der Waals surface area contributed by atoms with E-state index in [0.29, 0.717) is 12.5 Å². The van der Waals surface area contributed by atoms with Gasteiger partial charge in [0.15, 0.2) is 5.96 Å². The van der Waals surface area contributed by atoms with E-state index in [1.165, 1.54) is 0 Å². The molecule has 0 aliphatic carbocycles. The molecule has 0 atom stereocenters. The van der Waals surface area contributed by atoms with Gasteiger partial charge < -0.3 is 15.5 Å². The number of rotatable bonds is 7. The SMILES string of the molecule is CSCCNC(=NCc1ccc(Cl)c(C)c1)NCC(=O)N(C)C. The molecule has 1 amide bonds. The summed E-state index contributed by atoms with van der Waals surface area (Å²) in [5.74, 6) is 1.62. The molecular weight excluding hydrogens is 332 g/mol. The minimum atomic E-state index is 0.00621. The van der Waals surface area contributed by atoms with Crippen LogP contribution in [0.1, 0.15) is 11.1 Å². The van der Waals surface area contributed by atoms with Gasteiger partial charge >= 0.3 is 0 Å². The van der Waals surface area contributed by atoms with Crippen LogP contribution in [-0.2, 0) is 11.3 Å². The molecule has 5 nitrogen and oxygen atoms in total. The first kappa shape index (κ1) is 19.6. The summed E-state index contributed by atoms with van der Waals surface area (Å²) >= 11 is 7.79. The van der Waals surface area contributed by atoms with E-state index in [1.54, 1.807) is 30.8 Å². The Hall–Kier alpha value is -1.40. The number of aliphatic imine (C=N–C) groups is 1. The fraction of sp³-hybridized carbons (Fsp3) is 0.500. The Balaban J connectivity index is 2.68. The highest BCUT2D eigenvalue weighted by Crippen LogP contribution is 2.16. The highest BCUT2D eigenvalue weighted by Gasteiger charge is 2.06. The minimum Gasteiger partial charge on any atom is -0.356 e. The first-order valence-corrected chi connectivity index (χ1v) is 9.17. The molecule has 7 heteroatoms. The zero-order chi connectivity index (χ0) is 17.2. The monoisotopic (exact) mass is 356 g/mol. The Kier molecular flexibility index (Phi) is 8.87. The van der Waals surface area contributed by atoms with E-state index < -0.39 is 0 Å². The third-order valence-electron chi connectivity index (χ3n) is 3.15. The number of carbonyl (C=O) groups excluding carboxylic acids is 1. The molecule has 1 aromatic rings. The number of amides is 1. The van der Waals surface area contributed by atoms with Crippen LogP contribution in [0.4, 0.5) is 0 Å². The first-order valence-electron chi connectivity index (χ1n) is 7.40. The smallest absolute Gasteiger partial charge is 0.241 e. The average Bonchev–Trinajstić information content (AvgIpc) is 2.52. The topological polar surface area (TPSA) is 56.7 Å². The van der Waals surface area contributed by atoms with Crippen LogP contribution in [0, 0.1) is 6.92 Å². The molecule has 0 radical (unpaired) electrons. The quantitative estimate of drug-likeness (QED) is 0.446. The van der Waals surface area contributed by atoms with Crippen molar-refractivity contribution in [1.82, 2.24) is 15.5 Å². The van der Waals surface area contributed by atoms with E-state index in [4.69, 9.17) is 11.6 Å². The number of halogens is 1. The molecule has 0 heterocycles. The summed E-state index contributed by atoms with van der Waals surface area (Å²) in [6.07, 6.45) is 2.05. The van der Waals surface area contributed by atoms with Crippen LogP contribution >= 0.6 is 23.4 Å². The first-order chi connectivity index (χ1) is 10.9. The van der Waals surface area contributed by atoms with E-state index in [2.05, 4.69) is 21.9 Å². The summed E-state index contributed by atoms with van der Waals surface area (Å²) in [7, 11) is 3.47. The molecule has 0 saturated carbocycles. The third kappa shape index (κ3) is 7.61. The molecule has 0 fully saturated rings. The Morgan fingerprint density at radius 1 is 1.35 bits per heavy atom. The Labute approximate surface area is 147 Å². The van der Waals surface area contributed by atoms with E-state index in [-0.39, 0.29) is 12.5 Å². The summed E-state index contributed by atoms with van der Waals surface area (Å²) in [5.41, 5.74) is 2.11. The maximum Gasteiger partial charge on any atom is 0.241 e. The molecule has 128 valence electrons. The van der Waals surface area contributed by atoms with Gasteiger partial charge in [-0.3, -0.25) is 4.79 Å². The van der Waals surface area contributed by atoms with Gasteiger partial charge in [-0.1, -0.05) is 23.7 Å². The van der Waals surface area contributed by atoms with Crippen molar-refractivity contribution in [1.29, 1.82) is 0 Å². The van der Waals surface area contributed by atoms with Gasteiger partial charge in [-0.2, -0.15) is 11.8 Å².